The van der Waals surface area contributed by atoms with Crippen molar-refractivity contribution in [2.45, 2.75) is 45.3 Å². The maximum atomic E-state index is 11.7. The second kappa shape index (κ2) is 8.45. The summed E-state index contributed by atoms with van der Waals surface area (Å²) in [6, 6.07) is 0.167. The fourth-order valence-corrected chi connectivity index (χ4v) is 2.17. The van der Waals surface area contributed by atoms with Gasteiger partial charge in [0.05, 0.1) is 19.3 Å². The van der Waals surface area contributed by atoms with Gasteiger partial charge < -0.3 is 15.2 Å². The SMILES string of the molecule is CC(C)OCCCNC(=O)CN1CCC[C@H]1CO. The molecule has 0 aromatic rings. The van der Waals surface area contributed by atoms with Gasteiger partial charge in [-0.3, -0.25) is 9.69 Å². The van der Waals surface area contributed by atoms with Crippen LogP contribution >= 0.6 is 0 Å². The van der Waals surface area contributed by atoms with Gasteiger partial charge in [-0.2, -0.15) is 0 Å². The molecule has 0 spiro atoms. The summed E-state index contributed by atoms with van der Waals surface area (Å²) in [6.07, 6.45) is 3.15. The molecule has 1 saturated heterocycles. The number of carbonyl (C=O) groups excluding carboxylic acids is 1. The summed E-state index contributed by atoms with van der Waals surface area (Å²) >= 11 is 0. The predicted octanol–water partition coefficient (Wildman–Crippen LogP) is 0.374. The fraction of sp³-hybridized carbons (Fsp3) is 0.923. The molecule has 106 valence electrons. The summed E-state index contributed by atoms with van der Waals surface area (Å²) in [5.41, 5.74) is 0. The van der Waals surface area contributed by atoms with E-state index in [0.29, 0.717) is 19.7 Å². The zero-order valence-electron chi connectivity index (χ0n) is 11.5. The van der Waals surface area contributed by atoms with Crippen LogP contribution in [-0.4, -0.2) is 60.9 Å². The third-order valence-electron chi connectivity index (χ3n) is 3.15. The molecule has 1 aliphatic heterocycles. The second-order valence-corrected chi connectivity index (χ2v) is 5.07. The number of likely N-dealkylation sites (tertiary alicyclic amines) is 1. The number of carbonyl (C=O) groups is 1. The van der Waals surface area contributed by atoms with Crippen LogP contribution in [0.1, 0.15) is 33.1 Å². The minimum Gasteiger partial charge on any atom is -0.395 e. The van der Waals surface area contributed by atoms with E-state index < -0.39 is 0 Å². The average molecular weight is 258 g/mol. The zero-order valence-corrected chi connectivity index (χ0v) is 11.5. The maximum Gasteiger partial charge on any atom is 0.234 e. The lowest BCUT2D eigenvalue weighted by molar-refractivity contribution is -0.122. The molecular weight excluding hydrogens is 232 g/mol. The number of hydrogen-bond donors (Lipinski definition) is 2. The molecule has 1 amide bonds. The summed E-state index contributed by atoms with van der Waals surface area (Å²) < 4.78 is 5.40. The van der Waals surface area contributed by atoms with E-state index >= 15 is 0 Å². The molecule has 0 aromatic heterocycles. The third kappa shape index (κ3) is 5.80. The van der Waals surface area contributed by atoms with Crippen molar-refractivity contribution in [1.29, 1.82) is 0 Å². The third-order valence-corrected chi connectivity index (χ3v) is 3.15. The van der Waals surface area contributed by atoms with E-state index in [4.69, 9.17) is 9.84 Å². The first-order valence-corrected chi connectivity index (χ1v) is 6.86. The van der Waals surface area contributed by atoms with Gasteiger partial charge in [-0.05, 0) is 39.7 Å². The van der Waals surface area contributed by atoms with Crippen molar-refractivity contribution in [3.63, 3.8) is 0 Å². The minimum absolute atomic E-state index is 0.0416. The van der Waals surface area contributed by atoms with Gasteiger partial charge in [0.1, 0.15) is 0 Å². The molecule has 0 bridgehead atoms. The van der Waals surface area contributed by atoms with Crippen LogP contribution in [0.25, 0.3) is 0 Å². The average Bonchev–Trinajstić information content (AvgIpc) is 2.75. The summed E-state index contributed by atoms with van der Waals surface area (Å²) in [5, 5.41) is 12.0. The monoisotopic (exact) mass is 258 g/mol. The van der Waals surface area contributed by atoms with E-state index in [1.165, 1.54) is 0 Å². The number of nitrogens with zero attached hydrogens (tertiary/aromatic N) is 1. The van der Waals surface area contributed by atoms with Crippen LogP contribution in [0, 0.1) is 0 Å². The number of rotatable bonds is 8. The Morgan fingerprint density at radius 2 is 2.33 bits per heavy atom. The Balaban J connectivity index is 2.06. The molecule has 1 aliphatic rings. The van der Waals surface area contributed by atoms with Crippen LogP contribution in [0.2, 0.25) is 0 Å². The summed E-state index contributed by atoms with van der Waals surface area (Å²) in [5.74, 6) is 0.0416. The van der Waals surface area contributed by atoms with E-state index in [-0.39, 0.29) is 24.7 Å². The van der Waals surface area contributed by atoms with Crippen molar-refractivity contribution < 1.29 is 14.6 Å². The molecular formula is C13H26N2O3. The van der Waals surface area contributed by atoms with Crippen molar-refractivity contribution in [2.24, 2.45) is 0 Å². The molecule has 0 saturated carbocycles. The lowest BCUT2D eigenvalue weighted by atomic mass is 10.2. The van der Waals surface area contributed by atoms with E-state index in [0.717, 1.165) is 25.8 Å². The van der Waals surface area contributed by atoms with Crippen molar-refractivity contribution in [1.82, 2.24) is 10.2 Å². The van der Waals surface area contributed by atoms with Gasteiger partial charge in [0.2, 0.25) is 5.91 Å². The molecule has 18 heavy (non-hydrogen) atoms. The Bertz CT molecular complexity index is 246. The van der Waals surface area contributed by atoms with Crippen LogP contribution in [0.15, 0.2) is 0 Å². The van der Waals surface area contributed by atoms with Gasteiger partial charge in [-0.15, -0.1) is 0 Å². The number of aliphatic hydroxyl groups excluding tert-OH is 1. The molecule has 0 aliphatic carbocycles. The fourth-order valence-electron chi connectivity index (χ4n) is 2.17. The molecule has 0 aromatic carbocycles. The van der Waals surface area contributed by atoms with E-state index in [1.54, 1.807) is 0 Å². The largest absolute Gasteiger partial charge is 0.395 e. The van der Waals surface area contributed by atoms with Gasteiger partial charge in [-0.1, -0.05) is 0 Å². The number of amides is 1. The quantitative estimate of drug-likeness (QED) is 0.618. The second-order valence-electron chi connectivity index (χ2n) is 5.07. The van der Waals surface area contributed by atoms with Crippen molar-refractivity contribution >= 4 is 5.91 Å². The molecule has 5 heteroatoms. The van der Waals surface area contributed by atoms with Crippen LogP contribution in [0.4, 0.5) is 0 Å². The lowest BCUT2D eigenvalue weighted by Crippen LogP contribution is -2.41. The highest BCUT2D eigenvalue weighted by atomic mass is 16.5. The normalized spacial score (nSPS) is 20.6. The Morgan fingerprint density at radius 3 is 3.00 bits per heavy atom. The van der Waals surface area contributed by atoms with E-state index in [2.05, 4.69) is 10.2 Å². The highest BCUT2D eigenvalue weighted by Gasteiger charge is 2.25. The Kier molecular flexibility index (Phi) is 7.23. The smallest absolute Gasteiger partial charge is 0.234 e. The van der Waals surface area contributed by atoms with Crippen LogP contribution in [-0.2, 0) is 9.53 Å². The molecule has 1 atom stereocenters. The maximum absolute atomic E-state index is 11.7. The van der Waals surface area contributed by atoms with E-state index in [1.807, 2.05) is 13.8 Å². The molecule has 2 N–H and O–H groups in total. The molecule has 1 rings (SSSR count). The first-order chi connectivity index (χ1) is 8.63. The van der Waals surface area contributed by atoms with Crippen molar-refractivity contribution in [2.75, 3.05) is 32.8 Å². The van der Waals surface area contributed by atoms with Crippen molar-refractivity contribution in [3.05, 3.63) is 0 Å². The topological polar surface area (TPSA) is 61.8 Å². The standard InChI is InChI=1S/C13H26N2O3/c1-11(2)18-8-4-6-14-13(17)9-15-7-3-5-12(15)10-16/h11-12,16H,3-10H2,1-2H3,(H,14,17)/t12-/m0/s1. The first-order valence-electron chi connectivity index (χ1n) is 6.86. The van der Waals surface area contributed by atoms with Crippen LogP contribution in [0.5, 0.6) is 0 Å². The van der Waals surface area contributed by atoms with Gasteiger partial charge in [0.15, 0.2) is 0 Å². The lowest BCUT2D eigenvalue weighted by Gasteiger charge is -2.21. The highest BCUT2D eigenvalue weighted by molar-refractivity contribution is 5.78. The molecule has 1 heterocycles. The predicted molar refractivity (Wildman–Crippen MR) is 70.4 cm³/mol. The van der Waals surface area contributed by atoms with Gasteiger partial charge >= 0.3 is 0 Å². The van der Waals surface area contributed by atoms with Gasteiger partial charge in [0, 0.05) is 19.2 Å². The Morgan fingerprint density at radius 1 is 1.56 bits per heavy atom. The zero-order chi connectivity index (χ0) is 13.4. The summed E-state index contributed by atoms with van der Waals surface area (Å²) in [6.45, 7) is 6.80. The van der Waals surface area contributed by atoms with Gasteiger partial charge in [-0.25, -0.2) is 0 Å². The first kappa shape index (κ1) is 15.4. The highest BCUT2D eigenvalue weighted by Crippen LogP contribution is 2.15. The minimum atomic E-state index is 0.0416. The van der Waals surface area contributed by atoms with E-state index in [9.17, 15) is 4.79 Å². The summed E-state index contributed by atoms with van der Waals surface area (Å²) in [7, 11) is 0. The van der Waals surface area contributed by atoms with Crippen LogP contribution in [0.3, 0.4) is 0 Å². The van der Waals surface area contributed by atoms with Crippen molar-refractivity contribution in [3.8, 4) is 0 Å². The van der Waals surface area contributed by atoms with Gasteiger partial charge in [0.25, 0.3) is 0 Å². The number of ether oxygens (including phenoxy) is 1. The Hall–Kier alpha value is -0.650. The number of aliphatic hydroxyl groups is 1. The number of hydrogen-bond acceptors (Lipinski definition) is 4. The molecule has 5 nitrogen and oxygen atoms in total. The summed E-state index contributed by atoms with van der Waals surface area (Å²) in [4.78, 5) is 13.7. The molecule has 1 fully saturated rings. The number of nitrogens with one attached hydrogen (secondary N) is 1. The molecule has 0 unspecified atom stereocenters. The van der Waals surface area contributed by atoms with Crippen LogP contribution < -0.4 is 5.32 Å². The molecule has 0 radical (unpaired) electrons. The Labute approximate surface area is 109 Å².